The molecule has 294 valence electrons. The quantitative estimate of drug-likeness (QED) is 0.0340. The van der Waals surface area contributed by atoms with Crippen LogP contribution >= 0.6 is 0 Å². The summed E-state index contributed by atoms with van der Waals surface area (Å²) in [4.78, 5) is 36.3. The van der Waals surface area contributed by atoms with Gasteiger partial charge in [0.2, 0.25) is 5.91 Å². The van der Waals surface area contributed by atoms with Gasteiger partial charge < -0.3 is 20.9 Å². The number of nitrogens with one attached hydrogen (secondary N) is 1. The first-order valence-electron chi connectivity index (χ1n) is 20.4. The van der Waals surface area contributed by atoms with E-state index >= 15 is 0 Å². The zero-order valence-electron chi connectivity index (χ0n) is 32.9. The fourth-order valence-electron chi connectivity index (χ4n) is 5.43. The number of carbonyl (C=O) groups is 3. The molecule has 2 unspecified atom stereocenters. The van der Waals surface area contributed by atoms with Gasteiger partial charge in [-0.2, -0.15) is 0 Å². The first kappa shape index (κ1) is 48.5. The maximum absolute atomic E-state index is 12.7. The molecule has 1 amide bonds. The number of carbonyl (C=O) groups excluding carboxylic acids is 2. The average molecular weight is 723 g/mol. The van der Waals surface area contributed by atoms with Gasteiger partial charge in [-0.1, -0.05) is 131 Å². The minimum atomic E-state index is -1.02. The van der Waals surface area contributed by atoms with Crippen LogP contribution in [0.2, 0.25) is 0 Å². The molecule has 0 rings (SSSR count). The largest absolute Gasteiger partial charge is 0.480 e. The number of ether oxygens (including phenoxy) is 1. The Labute approximate surface area is 317 Å². The third-order valence-corrected chi connectivity index (χ3v) is 8.44. The Hall–Kier alpha value is -3.45. The summed E-state index contributed by atoms with van der Waals surface area (Å²) in [7, 11) is 0. The molecule has 0 aromatic rings. The third-order valence-electron chi connectivity index (χ3n) is 8.44. The highest BCUT2D eigenvalue weighted by Crippen LogP contribution is 2.15. The Morgan fingerprint density at radius 2 is 1.06 bits per heavy atom. The first-order valence-corrected chi connectivity index (χ1v) is 20.4. The Balaban J connectivity index is 4.50. The van der Waals surface area contributed by atoms with Crippen molar-refractivity contribution in [2.45, 2.75) is 174 Å². The van der Waals surface area contributed by atoms with E-state index in [2.05, 4.69) is 98.2 Å². The zero-order valence-corrected chi connectivity index (χ0v) is 32.9. The van der Waals surface area contributed by atoms with E-state index in [-0.39, 0.29) is 18.0 Å². The van der Waals surface area contributed by atoms with Crippen molar-refractivity contribution in [1.82, 2.24) is 5.32 Å². The van der Waals surface area contributed by atoms with E-state index in [1.54, 1.807) is 0 Å². The van der Waals surface area contributed by atoms with Crippen LogP contribution in [0.4, 0.5) is 0 Å². The number of carboxylic acids is 1. The molecule has 0 fully saturated rings. The second-order valence-electron chi connectivity index (χ2n) is 13.3. The van der Waals surface area contributed by atoms with Crippen molar-refractivity contribution in [2.24, 2.45) is 5.73 Å². The molecule has 7 nitrogen and oxygen atoms in total. The van der Waals surface area contributed by atoms with E-state index in [0.29, 0.717) is 32.2 Å². The van der Waals surface area contributed by atoms with Crippen molar-refractivity contribution >= 4 is 17.8 Å². The Morgan fingerprint density at radius 1 is 0.577 bits per heavy atom. The maximum Gasteiger partial charge on any atom is 0.326 e. The molecule has 4 N–H and O–H groups in total. The molecule has 0 aromatic carbocycles. The second-order valence-corrected chi connectivity index (χ2v) is 13.3. The van der Waals surface area contributed by atoms with Gasteiger partial charge >= 0.3 is 11.9 Å². The Morgan fingerprint density at radius 3 is 1.62 bits per heavy atom. The smallest absolute Gasteiger partial charge is 0.326 e. The molecule has 0 aliphatic rings. The molecule has 0 saturated heterocycles. The van der Waals surface area contributed by atoms with Gasteiger partial charge in [-0.05, 0) is 109 Å². The van der Waals surface area contributed by atoms with Gasteiger partial charge in [-0.15, -0.1) is 0 Å². The van der Waals surface area contributed by atoms with Crippen molar-refractivity contribution in [3.8, 4) is 0 Å². The molecule has 0 heterocycles. The number of allylic oxidation sites excluding steroid dienone is 13. The standard InChI is InChI=1S/C45H74N2O5/c1-3-5-7-9-11-13-15-16-17-18-20-22-24-29-33-39-44(49)52-41(35-30-26-23-21-19-14-12-10-8-6-4-2)36-31-27-25-28-32-38-43(48)47-42(45(50)51)37-34-40-46/h5-8,11-14,16-17,21,23,30,35,41-42H,3-4,9-10,15,18-20,22,24-29,31-34,36-40,46H2,1-2H3,(H,47,48)(H,50,51)/b7-5-,8-6-,13-11-,14-12-,17-16-,23-21-,35-30-. The summed E-state index contributed by atoms with van der Waals surface area (Å²) >= 11 is 0. The monoisotopic (exact) mass is 723 g/mol. The normalized spacial score (nSPS) is 13.6. The molecule has 0 aliphatic heterocycles. The number of esters is 1. The molecule has 7 heteroatoms. The van der Waals surface area contributed by atoms with Gasteiger partial charge in [0.1, 0.15) is 12.1 Å². The summed E-state index contributed by atoms with van der Waals surface area (Å²) in [6.07, 6.45) is 50.7. The summed E-state index contributed by atoms with van der Waals surface area (Å²) in [5.41, 5.74) is 5.47. The van der Waals surface area contributed by atoms with Crippen molar-refractivity contribution in [3.05, 3.63) is 85.1 Å². The average Bonchev–Trinajstić information content (AvgIpc) is 3.13. The minimum absolute atomic E-state index is 0.120. The van der Waals surface area contributed by atoms with Crippen LogP contribution in [0.1, 0.15) is 162 Å². The van der Waals surface area contributed by atoms with E-state index in [4.69, 9.17) is 10.5 Å². The molecule has 52 heavy (non-hydrogen) atoms. The summed E-state index contributed by atoms with van der Waals surface area (Å²) in [5, 5.41) is 11.9. The maximum atomic E-state index is 12.7. The van der Waals surface area contributed by atoms with E-state index in [9.17, 15) is 19.5 Å². The first-order chi connectivity index (χ1) is 25.4. The van der Waals surface area contributed by atoms with Crippen LogP contribution in [0, 0.1) is 0 Å². The lowest BCUT2D eigenvalue weighted by Crippen LogP contribution is -2.40. The topological polar surface area (TPSA) is 119 Å². The SMILES string of the molecule is CC/C=C\C/C=C\C/C=C\C/C=C\C(CCCCCCCC(=O)NC(CCCN)C(=O)O)OC(=O)CCCCCCC/C=C\C/C=C\C/C=C\CC. The number of hydrogen-bond acceptors (Lipinski definition) is 5. The minimum Gasteiger partial charge on any atom is -0.480 e. The lowest BCUT2D eigenvalue weighted by Gasteiger charge is -2.15. The summed E-state index contributed by atoms with van der Waals surface area (Å²) < 4.78 is 5.91. The van der Waals surface area contributed by atoms with Gasteiger partial charge in [-0.25, -0.2) is 4.79 Å². The lowest BCUT2D eigenvalue weighted by atomic mass is 10.1. The highest BCUT2D eigenvalue weighted by atomic mass is 16.5. The molecule has 0 bridgehead atoms. The summed E-state index contributed by atoms with van der Waals surface area (Å²) in [6, 6.07) is -0.873. The van der Waals surface area contributed by atoms with Crippen molar-refractivity contribution in [2.75, 3.05) is 6.54 Å². The summed E-state index contributed by atoms with van der Waals surface area (Å²) in [5.74, 6) is -1.36. The Bertz CT molecular complexity index is 1090. The van der Waals surface area contributed by atoms with Crippen molar-refractivity contribution in [3.63, 3.8) is 0 Å². The van der Waals surface area contributed by atoms with Crippen LogP contribution in [-0.2, 0) is 19.1 Å². The zero-order chi connectivity index (χ0) is 38.2. The highest BCUT2D eigenvalue weighted by molar-refractivity contribution is 5.83. The van der Waals surface area contributed by atoms with Gasteiger partial charge in [0, 0.05) is 12.8 Å². The van der Waals surface area contributed by atoms with Crippen LogP contribution in [0.3, 0.4) is 0 Å². The number of amides is 1. The van der Waals surface area contributed by atoms with Gasteiger partial charge in [-0.3, -0.25) is 9.59 Å². The van der Waals surface area contributed by atoms with E-state index in [0.717, 1.165) is 109 Å². The van der Waals surface area contributed by atoms with E-state index in [1.807, 2.05) is 6.08 Å². The lowest BCUT2D eigenvalue weighted by molar-refractivity contribution is -0.147. The van der Waals surface area contributed by atoms with Crippen molar-refractivity contribution in [1.29, 1.82) is 0 Å². The van der Waals surface area contributed by atoms with Crippen LogP contribution < -0.4 is 11.1 Å². The number of carboxylic acid groups (broad SMARTS) is 1. The van der Waals surface area contributed by atoms with Gasteiger partial charge in [0.15, 0.2) is 0 Å². The molecular weight excluding hydrogens is 649 g/mol. The van der Waals surface area contributed by atoms with Crippen LogP contribution in [0.5, 0.6) is 0 Å². The molecule has 0 aromatic heterocycles. The molecule has 0 spiro atoms. The van der Waals surface area contributed by atoms with Crippen molar-refractivity contribution < 1.29 is 24.2 Å². The summed E-state index contributed by atoms with van der Waals surface area (Å²) in [6.45, 7) is 4.69. The van der Waals surface area contributed by atoms with Crippen LogP contribution in [0.25, 0.3) is 0 Å². The fraction of sp³-hybridized carbons (Fsp3) is 0.622. The van der Waals surface area contributed by atoms with Gasteiger partial charge in [0.05, 0.1) is 0 Å². The number of aliphatic carboxylic acids is 1. The predicted octanol–water partition coefficient (Wildman–Crippen LogP) is 11.3. The molecule has 0 radical (unpaired) electrons. The number of rotatable bonds is 35. The molecule has 0 saturated carbocycles. The van der Waals surface area contributed by atoms with E-state index < -0.39 is 12.0 Å². The number of unbranched alkanes of at least 4 members (excludes halogenated alkanes) is 9. The van der Waals surface area contributed by atoms with Gasteiger partial charge in [0.25, 0.3) is 0 Å². The number of nitrogens with two attached hydrogens (primary N) is 1. The van der Waals surface area contributed by atoms with E-state index in [1.165, 1.54) is 12.8 Å². The van der Waals surface area contributed by atoms with Crippen LogP contribution in [0.15, 0.2) is 85.1 Å². The predicted molar refractivity (Wildman–Crippen MR) is 220 cm³/mol. The molecular formula is C45H74N2O5. The highest BCUT2D eigenvalue weighted by Gasteiger charge is 2.18. The number of hydrogen-bond donors (Lipinski definition) is 3. The Kier molecular flexibility index (Phi) is 36.2. The third kappa shape index (κ3) is 35.0. The second kappa shape index (κ2) is 38.8. The fourth-order valence-corrected chi connectivity index (χ4v) is 5.43. The molecule has 2 atom stereocenters. The molecule has 0 aliphatic carbocycles. The van der Waals surface area contributed by atoms with Crippen LogP contribution in [-0.4, -0.2) is 41.6 Å².